The zero-order valence-electron chi connectivity index (χ0n) is 18.6. The molecule has 0 unspecified atom stereocenters. The molecule has 1 aliphatic heterocycles. The number of benzene rings is 1. The third kappa shape index (κ3) is 5.83. The Hall–Kier alpha value is -3.37. The molecule has 0 radical (unpaired) electrons. The summed E-state index contributed by atoms with van der Waals surface area (Å²) in [6.45, 7) is 2.57. The Kier molecular flexibility index (Phi) is 7.28. The number of thioether (sulfide) groups is 1. The van der Waals surface area contributed by atoms with E-state index in [1.807, 2.05) is 0 Å². The van der Waals surface area contributed by atoms with Crippen LogP contribution in [0.5, 0.6) is 5.88 Å². The lowest BCUT2D eigenvalue weighted by Gasteiger charge is -2.44. The number of nitrogens with zero attached hydrogens (tertiary/aromatic N) is 3. The fourth-order valence-corrected chi connectivity index (χ4v) is 5.08. The van der Waals surface area contributed by atoms with Gasteiger partial charge in [-0.2, -0.15) is 13.2 Å². The number of halogens is 4. The number of aliphatic hydroxyl groups is 1. The van der Waals surface area contributed by atoms with Gasteiger partial charge in [-0.25, -0.2) is 14.4 Å². The van der Waals surface area contributed by atoms with Crippen LogP contribution in [-0.4, -0.2) is 49.8 Å². The first-order valence-electron chi connectivity index (χ1n) is 10.1. The molecular formula is C22H21F4N5O3S. The molecule has 0 bridgehead atoms. The van der Waals surface area contributed by atoms with Gasteiger partial charge in [0.05, 0.1) is 22.7 Å². The van der Waals surface area contributed by atoms with Crippen LogP contribution in [0.1, 0.15) is 36.3 Å². The highest BCUT2D eigenvalue weighted by Crippen LogP contribution is 2.50. The molecule has 13 heteroatoms. The van der Waals surface area contributed by atoms with Crippen LogP contribution in [-0.2, 0) is 5.54 Å². The van der Waals surface area contributed by atoms with Crippen LogP contribution in [0.15, 0.2) is 35.6 Å². The third-order valence-electron chi connectivity index (χ3n) is 5.25. The fourth-order valence-electron chi connectivity index (χ4n) is 3.75. The van der Waals surface area contributed by atoms with E-state index in [0.29, 0.717) is 11.8 Å². The predicted octanol–water partition coefficient (Wildman–Crippen LogP) is 3.23. The zero-order chi connectivity index (χ0) is 26.0. The SMILES string of the molecule is C#CCOc1cnc(C(=O)Nc2ccc(F)c([C@]3(C)C[C@](C)([C@H](O)C(F)(F)F)SC(N)=N3)c2)cn1. The van der Waals surface area contributed by atoms with Gasteiger partial charge in [0, 0.05) is 11.3 Å². The predicted molar refractivity (Wildman–Crippen MR) is 122 cm³/mol. The third-order valence-corrected chi connectivity index (χ3v) is 6.38. The number of nitrogens with two attached hydrogens (primary N) is 1. The van der Waals surface area contributed by atoms with E-state index in [1.165, 1.54) is 32.2 Å². The molecule has 1 aromatic carbocycles. The van der Waals surface area contributed by atoms with Crippen molar-refractivity contribution in [2.75, 3.05) is 11.9 Å². The van der Waals surface area contributed by atoms with Crippen LogP contribution in [0.3, 0.4) is 0 Å². The Bertz CT molecular complexity index is 1190. The summed E-state index contributed by atoms with van der Waals surface area (Å²) in [5, 5.41) is 12.3. The molecule has 1 aliphatic rings. The van der Waals surface area contributed by atoms with Crippen LogP contribution >= 0.6 is 11.8 Å². The second-order valence-electron chi connectivity index (χ2n) is 8.14. The molecule has 0 aliphatic carbocycles. The van der Waals surface area contributed by atoms with Gasteiger partial charge in [0.15, 0.2) is 17.9 Å². The Labute approximate surface area is 202 Å². The van der Waals surface area contributed by atoms with E-state index in [2.05, 4.69) is 26.2 Å². The summed E-state index contributed by atoms with van der Waals surface area (Å²) in [7, 11) is 0. The minimum Gasteiger partial charge on any atom is -0.463 e. The average Bonchev–Trinajstić information content (AvgIpc) is 2.77. The van der Waals surface area contributed by atoms with Crippen LogP contribution in [0.25, 0.3) is 0 Å². The fraction of sp³-hybridized carbons (Fsp3) is 0.364. The lowest BCUT2D eigenvalue weighted by Crippen LogP contribution is -2.53. The number of amidine groups is 1. The van der Waals surface area contributed by atoms with Gasteiger partial charge in [-0.15, -0.1) is 6.42 Å². The van der Waals surface area contributed by atoms with Crippen LogP contribution in [0.4, 0.5) is 23.2 Å². The quantitative estimate of drug-likeness (QED) is 0.402. The highest BCUT2D eigenvalue weighted by molar-refractivity contribution is 8.15. The van der Waals surface area contributed by atoms with Gasteiger partial charge in [-0.05, 0) is 38.5 Å². The lowest BCUT2D eigenvalue weighted by atomic mass is 9.80. The van der Waals surface area contributed by atoms with Crippen molar-refractivity contribution in [3.63, 3.8) is 0 Å². The number of ether oxygens (including phenoxy) is 1. The minimum atomic E-state index is -4.92. The average molecular weight is 512 g/mol. The highest BCUT2D eigenvalue weighted by Gasteiger charge is 2.56. The molecule has 3 atom stereocenters. The Morgan fingerprint density at radius 2 is 2.09 bits per heavy atom. The first-order chi connectivity index (χ1) is 16.3. The van der Waals surface area contributed by atoms with Gasteiger partial charge < -0.3 is 20.9 Å². The van der Waals surface area contributed by atoms with Crippen molar-refractivity contribution in [1.82, 2.24) is 9.97 Å². The molecule has 186 valence electrons. The number of amides is 1. The molecule has 1 amide bonds. The van der Waals surface area contributed by atoms with Crippen molar-refractivity contribution in [2.24, 2.45) is 10.7 Å². The molecule has 0 saturated carbocycles. The molecule has 1 aromatic heterocycles. The number of aromatic nitrogens is 2. The number of aliphatic hydroxyl groups excluding tert-OH is 1. The molecular weight excluding hydrogens is 490 g/mol. The minimum absolute atomic E-state index is 0.0259. The van der Waals surface area contributed by atoms with Crippen LogP contribution < -0.4 is 15.8 Å². The van der Waals surface area contributed by atoms with Crippen molar-refractivity contribution >= 4 is 28.5 Å². The largest absolute Gasteiger partial charge is 0.463 e. The summed E-state index contributed by atoms with van der Waals surface area (Å²) in [6.07, 6.45) is -0.590. The molecule has 2 aromatic rings. The number of aliphatic imine (C=N–C) groups is 1. The normalized spacial score (nSPS) is 23.1. The van der Waals surface area contributed by atoms with Gasteiger partial charge >= 0.3 is 6.18 Å². The second kappa shape index (κ2) is 9.71. The molecule has 4 N–H and O–H groups in total. The smallest absolute Gasteiger partial charge is 0.415 e. The highest BCUT2D eigenvalue weighted by atomic mass is 32.2. The topological polar surface area (TPSA) is 123 Å². The number of terminal acetylenes is 1. The number of carbonyl (C=O) groups excluding carboxylic acids is 1. The van der Waals surface area contributed by atoms with Crippen molar-refractivity contribution in [1.29, 1.82) is 0 Å². The van der Waals surface area contributed by atoms with E-state index in [9.17, 15) is 27.5 Å². The number of nitrogens with one attached hydrogen (secondary N) is 1. The van der Waals surface area contributed by atoms with Gasteiger partial charge in [-0.1, -0.05) is 17.7 Å². The van der Waals surface area contributed by atoms with Crippen molar-refractivity contribution in [3.8, 4) is 18.2 Å². The van der Waals surface area contributed by atoms with Gasteiger partial charge in [0.1, 0.15) is 11.5 Å². The summed E-state index contributed by atoms with van der Waals surface area (Å²) in [5.41, 5.74) is 4.19. The summed E-state index contributed by atoms with van der Waals surface area (Å²) in [6, 6.07) is 3.56. The van der Waals surface area contributed by atoms with Crippen LogP contribution in [0.2, 0.25) is 0 Å². The van der Waals surface area contributed by atoms with Gasteiger partial charge in [0.25, 0.3) is 5.91 Å². The van der Waals surface area contributed by atoms with Crippen molar-refractivity contribution in [3.05, 3.63) is 47.7 Å². The second-order valence-corrected chi connectivity index (χ2v) is 9.70. The Morgan fingerprint density at radius 1 is 1.37 bits per heavy atom. The standard InChI is InChI=1S/C22H21F4N5O3S/c1-4-7-34-16-10-28-15(9-29-16)17(32)30-12-5-6-14(23)13(8-12)20(2)11-21(3,35-19(27)31-20)18(33)22(24,25)26/h1,5-6,8-10,18,33H,7,11H2,2-3H3,(H2,27,31)(H,30,32)/t18-,20-,21+/m0/s1. The zero-order valence-corrected chi connectivity index (χ0v) is 19.4. The monoisotopic (exact) mass is 511 g/mol. The Morgan fingerprint density at radius 3 is 2.69 bits per heavy atom. The maximum Gasteiger partial charge on any atom is 0.415 e. The number of anilines is 1. The molecule has 35 heavy (non-hydrogen) atoms. The summed E-state index contributed by atoms with van der Waals surface area (Å²) in [5.74, 6) is 0.928. The first-order valence-corrected chi connectivity index (χ1v) is 10.9. The van der Waals surface area contributed by atoms with Gasteiger partial charge in [-0.3, -0.25) is 9.79 Å². The molecule has 3 rings (SSSR count). The number of hydrogen-bond donors (Lipinski definition) is 3. The maximum atomic E-state index is 14.9. The summed E-state index contributed by atoms with van der Waals surface area (Å²) < 4.78 is 58.0. The number of alkyl halides is 3. The van der Waals surface area contributed by atoms with E-state index in [0.717, 1.165) is 12.3 Å². The molecule has 8 nitrogen and oxygen atoms in total. The van der Waals surface area contributed by atoms with E-state index < -0.39 is 34.3 Å². The first kappa shape index (κ1) is 26.2. The number of hydrogen-bond acceptors (Lipinski definition) is 8. The molecule has 0 fully saturated rings. The summed E-state index contributed by atoms with van der Waals surface area (Å²) in [4.78, 5) is 24.6. The van der Waals surface area contributed by atoms with Crippen LogP contribution in [0, 0.1) is 18.2 Å². The van der Waals surface area contributed by atoms with Gasteiger partial charge in [0.2, 0.25) is 5.88 Å². The lowest BCUT2D eigenvalue weighted by molar-refractivity contribution is -0.213. The molecule has 0 spiro atoms. The van der Waals surface area contributed by atoms with E-state index >= 15 is 0 Å². The summed E-state index contributed by atoms with van der Waals surface area (Å²) >= 11 is 0.574. The Balaban J connectivity index is 1.88. The van der Waals surface area contributed by atoms with E-state index in [1.54, 1.807) is 0 Å². The molecule has 0 saturated heterocycles. The van der Waals surface area contributed by atoms with Crippen molar-refractivity contribution in [2.45, 2.75) is 42.8 Å². The number of rotatable bonds is 6. The maximum absolute atomic E-state index is 14.9. The number of carbonyl (C=O) groups is 1. The molecule has 2 heterocycles. The van der Waals surface area contributed by atoms with E-state index in [-0.39, 0.29) is 41.0 Å². The van der Waals surface area contributed by atoms with Crippen molar-refractivity contribution < 1.29 is 32.2 Å². The van der Waals surface area contributed by atoms with E-state index in [4.69, 9.17) is 16.9 Å².